The smallest absolute Gasteiger partial charge is 0.0938 e. The lowest BCUT2D eigenvalue weighted by Gasteiger charge is -2.17. The van der Waals surface area contributed by atoms with Gasteiger partial charge in [0.25, 0.3) is 0 Å². The van der Waals surface area contributed by atoms with Gasteiger partial charge in [0, 0.05) is 16.8 Å². The summed E-state index contributed by atoms with van der Waals surface area (Å²) in [6.07, 6.45) is 2.06. The van der Waals surface area contributed by atoms with Crippen molar-refractivity contribution in [2.24, 2.45) is 0 Å². The zero-order valence-corrected chi connectivity index (χ0v) is 16.1. The van der Waals surface area contributed by atoms with E-state index in [-0.39, 0.29) is 0 Å². The zero-order chi connectivity index (χ0) is 17.1. The van der Waals surface area contributed by atoms with Crippen molar-refractivity contribution in [1.29, 1.82) is 0 Å². The third-order valence-electron chi connectivity index (χ3n) is 4.45. The van der Waals surface area contributed by atoms with Crippen LogP contribution in [0, 0.1) is 0 Å². The van der Waals surface area contributed by atoms with E-state index >= 15 is 0 Å². The van der Waals surface area contributed by atoms with Crippen molar-refractivity contribution in [2.75, 3.05) is 0 Å². The Labute approximate surface area is 160 Å². The fourth-order valence-electron chi connectivity index (χ4n) is 3.22. The summed E-state index contributed by atoms with van der Waals surface area (Å²) >= 11 is 5.35. The molecule has 0 aliphatic carbocycles. The number of thiazole rings is 1. The van der Waals surface area contributed by atoms with Crippen molar-refractivity contribution < 1.29 is 0 Å². The Bertz CT molecular complexity index is 924. The largest absolute Gasteiger partial charge is 0.241 e. The van der Waals surface area contributed by atoms with E-state index in [1.54, 1.807) is 11.3 Å². The molecular formula is C22H18BrNS. The van der Waals surface area contributed by atoms with Gasteiger partial charge in [-0.1, -0.05) is 76.6 Å². The van der Waals surface area contributed by atoms with Crippen LogP contribution in [0.2, 0.25) is 0 Å². The predicted molar refractivity (Wildman–Crippen MR) is 110 cm³/mol. The predicted octanol–water partition coefficient (Wildman–Crippen LogP) is 6.82. The van der Waals surface area contributed by atoms with Crippen LogP contribution in [0.4, 0.5) is 0 Å². The fraction of sp³-hybridized carbons (Fsp3) is 0.136. The van der Waals surface area contributed by atoms with Gasteiger partial charge in [0.2, 0.25) is 0 Å². The van der Waals surface area contributed by atoms with Gasteiger partial charge in [0.1, 0.15) is 0 Å². The summed E-state index contributed by atoms with van der Waals surface area (Å²) in [7, 11) is 0. The van der Waals surface area contributed by atoms with Crippen molar-refractivity contribution in [3.8, 4) is 0 Å². The van der Waals surface area contributed by atoms with Crippen molar-refractivity contribution in [3.05, 3.63) is 99.5 Å². The lowest BCUT2D eigenvalue weighted by Crippen LogP contribution is -2.03. The molecule has 0 atom stereocenters. The summed E-state index contributed by atoms with van der Waals surface area (Å²) in [4.78, 5) is 4.81. The van der Waals surface area contributed by atoms with Crippen molar-refractivity contribution >= 4 is 37.5 Å². The van der Waals surface area contributed by atoms with E-state index in [9.17, 15) is 0 Å². The minimum absolute atomic E-state index is 0.404. The molecule has 4 rings (SSSR count). The molecule has 1 nitrogen and oxygen atoms in total. The second kappa shape index (κ2) is 7.51. The van der Waals surface area contributed by atoms with Crippen LogP contribution in [0.15, 0.2) is 83.3 Å². The number of aryl methyl sites for hydroxylation is 1. The minimum atomic E-state index is 0.404. The molecule has 0 saturated carbocycles. The van der Waals surface area contributed by atoms with Crippen LogP contribution in [0.25, 0.3) is 10.2 Å². The SMILES string of the molecule is Brc1ccc2nc(CCC(c3ccccc3)c3ccccc3)sc2c1. The Morgan fingerprint density at radius 3 is 2.12 bits per heavy atom. The third-order valence-corrected chi connectivity index (χ3v) is 6.02. The van der Waals surface area contributed by atoms with E-state index < -0.39 is 0 Å². The van der Waals surface area contributed by atoms with Crippen LogP contribution in [0.5, 0.6) is 0 Å². The molecule has 0 saturated heterocycles. The molecule has 3 aromatic carbocycles. The molecule has 3 heteroatoms. The molecule has 1 aromatic heterocycles. The maximum absolute atomic E-state index is 4.81. The lowest BCUT2D eigenvalue weighted by atomic mass is 9.87. The highest BCUT2D eigenvalue weighted by Crippen LogP contribution is 2.31. The summed E-state index contributed by atoms with van der Waals surface area (Å²) in [5, 5.41) is 1.21. The molecule has 124 valence electrons. The van der Waals surface area contributed by atoms with Gasteiger partial charge in [-0.25, -0.2) is 4.98 Å². The molecule has 4 aromatic rings. The molecule has 0 unspecified atom stereocenters. The summed E-state index contributed by atoms with van der Waals surface area (Å²) in [6, 6.07) is 27.9. The number of benzene rings is 3. The monoisotopic (exact) mass is 407 g/mol. The Balaban J connectivity index is 1.60. The van der Waals surface area contributed by atoms with Gasteiger partial charge in [-0.3, -0.25) is 0 Å². The van der Waals surface area contributed by atoms with E-state index in [0.29, 0.717) is 5.92 Å². The molecule has 0 fully saturated rings. The van der Waals surface area contributed by atoms with Gasteiger partial charge < -0.3 is 0 Å². The first kappa shape index (κ1) is 16.5. The van der Waals surface area contributed by atoms with E-state index in [0.717, 1.165) is 22.8 Å². The highest BCUT2D eigenvalue weighted by Gasteiger charge is 2.15. The van der Waals surface area contributed by atoms with Gasteiger partial charge in [0.15, 0.2) is 0 Å². The summed E-state index contributed by atoms with van der Waals surface area (Å²) < 4.78 is 2.36. The number of hydrogen-bond donors (Lipinski definition) is 0. The molecule has 0 radical (unpaired) electrons. The fourth-order valence-corrected chi connectivity index (χ4v) is 4.75. The van der Waals surface area contributed by atoms with Gasteiger partial charge in [0.05, 0.1) is 15.2 Å². The molecule has 0 aliphatic rings. The molecule has 0 amide bonds. The zero-order valence-electron chi connectivity index (χ0n) is 13.7. The first-order valence-corrected chi connectivity index (χ1v) is 10.1. The van der Waals surface area contributed by atoms with Gasteiger partial charge in [-0.15, -0.1) is 11.3 Å². The molecule has 0 N–H and O–H groups in total. The molecule has 25 heavy (non-hydrogen) atoms. The van der Waals surface area contributed by atoms with Crippen molar-refractivity contribution in [2.45, 2.75) is 18.8 Å². The highest BCUT2D eigenvalue weighted by atomic mass is 79.9. The number of rotatable bonds is 5. The first-order chi connectivity index (χ1) is 12.3. The number of hydrogen-bond acceptors (Lipinski definition) is 2. The second-order valence-corrected chi connectivity index (χ2v) is 8.16. The summed E-state index contributed by atoms with van der Waals surface area (Å²) in [5.74, 6) is 0.404. The normalized spacial score (nSPS) is 11.3. The van der Waals surface area contributed by atoms with Crippen LogP contribution < -0.4 is 0 Å². The lowest BCUT2D eigenvalue weighted by molar-refractivity contribution is 0.713. The molecule has 1 heterocycles. The Morgan fingerprint density at radius 2 is 1.48 bits per heavy atom. The Kier molecular flexibility index (Phi) is 4.95. The number of nitrogens with zero attached hydrogens (tertiary/aromatic N) is 1. The van der Waals surface area contributed by atoms with E-state index in [1.165, 1.54) is 20.8 Å². The van der Waals surface area contributed by atoms with Crippen LogP contribution in [0.3, 0.4) is 0 Å². The molecule has 0 bridgehead atoms. The number of fused-ring (bicyclic) bond motifs is 1. The average Bonchev–Trinajstić information content (AvgIpc) is 3.05. The van der Waals surface area contributed by atoms with E-state index in [4.69, 9.17) is 4.98 Å². The molecule has 0 aliphatic heterocycles. The van der Waals surface area contributed by atoms with E-state index in [2.05, 4.69) is 94.8 Å². The number of halogens is 1. The average molecular weight is 408 g/mol. The Hall–Kier alpha value is -1.97. The maximum Gasteiger partial charge on any atom is 0.0938 e. The topological polar surface area (TPSA) is 12.9 Å². The highest BCUT2D eigenvalue weighted by molar-refractivity contribution is 9.10. The molecule has 0 spiro atoms. The van der Waals surface area contributed by atoms with E-state index in [1.807, 2.05) is 0 Å². The van der Waals surface area contributed by atoms with Crippen LogP contribution in [-0.2, 0) is 6.42 Å². The van der Waals surface area contributed by atoms with Crippen LogP contribution >= 0.6 is 27.3 Å². The van der Waals surface area contributed by atoms with Gasteiger partial charge >= 0.3 is 0 Å². The first-order valence-electron chi connectivity index (χ1n) is 8.44. The minimum Gasteiger partial charge on any atom is -0.241 e. The van der Waals surface area contributed by atoms with Crippen LogP contribution in [-0.4, -0.2) is 4.98 Å². The standard InChI is InChI=1S/C22H18BrNS/c23-18-11-13-20-21(15-18)25-22(24-20)14-12-19(16-7-3-1-4-8-16)17-9-5-2-6-10-17/h1-11,13,15,19H,12,14H2. The molecular weight excluding hydrogens is 390 g/mol. The quantitative estimate of drug-likeness (QED) is 0.353. The van der Waals surface area contributed by atoms with Gasteiger partial charge in [-0.05, 0) is 35.7 Å². The van der Waals surface area contributed by atoms with Crippen LogP contribution in [0.1, 0.15) is 28.5 Å². The number of aromatic nitrogens is 1. The second-order valence-electron chi connectivity index (χ2n) is 6.13. The maximum atomic E-state index is 4.81. The van der Waals surface area contributed by atoms with Crippen molar-refractivity contribution in [1.82, 2.24) is 4.98 Å². The third kappa shape index (κ3) is 3.83. The Morgan fingerprint density at radius 1 is 0.840 bits per heavy atom. The summed E-state index contributed by atoms with van der Waals surface area (Å²) in [6.45, 7) is 0. The van der Waals surface area contributed by atoms with Gasteiger partial charge in [-0.2, -0.15) is 0 Å². The summed E-state index contributed by atoms with van der Waals surface area (Å²) in [5.41, 5.74) is 3.84. The van der Waals surface area contributed by atoms with Crippen molar-refractivity contribution in [3.63, 3.8) is 0 Å².